The molecule has 0 bridgehead atoms. The van der Waals surface area contributed by atoms with Gasteiger partial charge in [-0.15, -0.1) is 0 Å². The lowest BCUT2D eigenvalue weighted by atomic mass is 10.0. The van der Waals surface area contributed by atoms with E-state index in [2.05, 4.69) is 27.9 Å². The van der Waals surface area contributed by atoms with Gasteiger partial charge in [0.05, 0.1) is 4.34 Å². The van der Waals surface area contributed by atoms with Crippen molar-refractivity contribution in [3.8, 4) is 5.06 Å². The number of halogens is 1. The summed E-state index contributed by atoms with van der Waals surface area (Å²) in [4.78, 5) is 38.7. The van der Waals surface area contributed by atoms with E-state index in [1.807, 2.05) is 18.2 Å². The fourth-order valence-electron chi connectivity index (χ4n) is 3.21. The van der Waals surface area contributed by atoms with E-state index in [1.54, 1.807) is 12.1 Å². The van der Waals surface area contributed by atoms with Gasteiger partial charge >= 0.3 is 6.09 Å². The van der Waals surface area contributed by atoms with Gasteiger partial charge in [-0.2, -0.15) is 0 Å². The Hall–Kier alpha value is -2.62. The Balaban J connectivity index is 1.66. The number of nitrogens with one attached hydrogen (secondary N) is 3. The number of carbonyl (C=O) groups is 3. The van der Waals surface area contributed by atoms with Gasteiger partial charge in [0.1, 0.15) is 6.04 Å². The number of rotatable bonds is 6. The fraction of sp³-hybridized carbons (Fsp3) is 0.381. The number of ether oxygens (including phenoxy) is 1. The molecule has 0 unspecified atom stereocenters. The summed E-state index contributed by atoms with van der Waals surface area (Å²) in [6, 6.07) is 7.98. The zero-order valence-corrected chi connectivity index (χ0v) is 18.9. The number of thiophene rings is 1. The van der Waals surface area contributed by atoms with Crippen molar-refractivity contribution in [2.24, 2.45) is 0 Å². The standard InChI is InChI=1S/C21H25ClN4O4S/c1-13(27)23-12-17(25-21(29)30-19-6-5-18(22)31-19)20(28)24-16-4-3-14-7-9-26(2)10-8-15(14)11-16/h3-6,11,17H,7-10,12H2,1-2H3,(H,23,27)(H,24,28)(H,25,29)/t17-/m1/s1. The first-order valence-corrected chi connectivity index (χ1v) is 11.1. The van der Waals surface area contributed by atoms with Gasteiger partial charge in [-0.3, -0.25) is 9.59 Å². The lowest BCUT2D eigenvalue weighted by molar-refractivity contribution is -0.120. The highest BCUT2D eigenvalue weighted by molar-refractivity contribution is 7.17. The minimum Gasteiger partial charge on any atom is -0.399 e. The number of amides is 3. The number of hydrogen-bond acceptors (Lipinski definition) is 6. The van der Waals surface area contributed by atoms with Gasteiger partial charge in [-0.05, 0) is 55.3 Å². The molecule has 0 saturated carbocycles. The lowest BCUT2D eigenvalue weighted by Crippen LogP contribution is -2.51. The highest BCUT2D eigenvalue weighted by Crippen LogP contribution is 2.28. The molecular weight excluding hydrogens is 440 g/mol. The van der Waals surface area contributed by atoms with E-state index in [0.29, 0.717) is 15.1 Å². The molecule has 0 saturated heterocycles. The first-order chi connectivity index (χ1) is 14.8. The van der Waals surface area contributed by atoms with Gasteiger partial charge in [-0.1, -0.05) is 29.0 Å². The summed E-state index contributed by atoms with van der Waals surface area (Å²) in [5.41, 5.74) is 3.11. The van der Waals surface area contributed by atoms with Gasteiger partial charge in [0.25, 0.3) is 0 Å². The van der Waals surface area contributed by atoms with Gasteiger partial charge < -0.3 is 25.6 Å². The number of fused-ring (bicyclic) bond motifs is 1. The highest BCUT2D eigenvalue weighted by atomic mass is 35.5. The lowest BCUT2D eigenvalue weighted by Gasteiger charge is -2.19. The normalized spacial score (nSPS) is 14.7. The SMILES string of the molecule is CC(=O)NC[C@@H](NC(=O)Oc1ccc(Cl)s1)C(=O)Nc1ccc2c(c1)CCN(C)CC2. The summed E-state index contributed by atoms with van der Waals surface area (Å²) < 4.78 is 5.63. The summed E-state index contributed by atoms with van der Waals surface area (Å²) in [5.74, 6) is -0.771. The van der Waals surface area contributed by atoms with Crippen molar-refractivity contribution in [3.63, 3.8) is 0 Å². The van der Waals surface area contributed by atoms with Crippen LogP contribution in [0.25, 0.3) is 0 Å². The molecule has 1 aliphatic heterocycles. The van der Waals surface area contributed by atoms with Gasteiger partial charge in [0.2, 0.25) is 11.8 Å². The molecule has 2 aromatic rings. The average Bonchev–Trinajstić information content (AvgIpc) is 3.02. The third kappa shape index (κ3) is 6.95. The second-order valence-electron chi connectivity index (χ2n) is 7.36. The van der Waals surface area contributed by atoms with Crippen LogP contribution in [-0.4, -0.2) is 55.5 Å². The van der Waals surface area contributed by atoms with E-state index in [4.69, 9.17) is 16.3 Å². The molecule has 1 aliphatic rings. The molecular formula is C21H25ClN4O4S. The van der Waals surface area contributed by atoms with Gasteiger partial charge in [-0.25, -0.2) is 4.79 Å². The number of anilines is 1. The van der Waals surface area contributed by atoms with Crippen LogP contribution in [0.2, 0.25) is 4.34 Å². The number of carbonyl (C=O) groups excluding carboxylic acids is 3. The average molecular weight is 465 g/mol. The number of benzene rings is 1. The Morgan fingerprint density at radius 1 is 1.16 bits per heavy atom. The van der Waals surface area contributed by atoms with Crippen molar-refractivity contribution in [3.05, 3.63) is 45.8 Å². The Morgan fingerprint density at radius 3 is 2.58 bits per heavy atom. The molecule has 10 heteroatoms. The molecule has 1 aromatic carbocycles. The maximum atomic E-state index is 12.8. The molecule has 166 valence electrons. The summed E-state index contributed by atoms with van der Waals surface area (Å²) in [6.07, 6.45) is 1.05. The zero-order chi connectivity index (χ0) is 22.4. The monoisotopic (exact) mass is 464 g/mol. The summed E-state index contributed by atoms with van der Waals surface area (Å²) in [6.45, 7) is 3.22. The van der Waals surface area contributed by atoms with Crippen LogP contribution in [0.1, 0.15) is 18.1 Å². The maximum absolute atomic E-state index is 12.8. The van der Waals surface area contributed by atoms with Gasteiger partial charge in [0.15, 0.2) is 5.06 Å². The van der Waals surface area contributed by atoms with Crippen LogP contribution in [0.4, 0.5) is 10.5 Å². The molecule has 2 heterocycles. The van der Waals surface area contributed by atoms with Crippen molar-refractivity contribution < 1.29 is 19.1 Å². The Kier molecular flexibility index (Phi) is 7.89. The minimum atomic E-state index is -1.02. The van der Waals surface area contributed by atoms with Crippen molar-refractivity contribution in [1.82, 2.24) is 15.5 Å². The van der Waals surface area contributed by atoms with E-state index in [1.165, 1.54) is 18.1 Å². The molecule has 0 radical (unpaired) electrons. The molecule has 8 nitrogen and oxygen atoms in total. The summed E-state index contributed by atoms with van der Waals surface area (Å²) >= 11 is 6.93. The molecule has 0 fully saturated rings. The molecule has 1 aromatic heterocycles. The van der Waals surface area contributed by atoms with Crippen molar-refractivity contribution in [2.45, 2.75) is 25.8 Å². The van der Waals surface area contributed by atoms with E-state index in [9.17, 15) is 14.4 Å². The van der Waals surface area contributed by atoms with E-state index >= 15 is 0 Å². The molecule has 0 spiro atoms. The summed E-state index contributed by atoms with van der Waals surface area (Å²) in [7, 11) is 2.09. The van der Waals surface area contributed by atoms with E-state index in [0.717, 1.165) is 37.3 Å². The van der Waals surface area contributed by atoms with Crippen LogP contribution < -0.4 is 20.7 Å². The van der Waals surface area contributed by atoms with Gasteiger partial charge in [0, 0.05) is 32.2 Å². The first-order valence-electron chi connectivity index (χ1n) is 9.89. The maximum Gasteiger partial charge on any atom is 0.414 e. The van der Waals surface area contributed by atoms with E-state index < -0.39 is 18.0 Å². The fourth-order valence-corrected chi connectivity index (χ4v) is 4.09. The third-order valence-corrected chi connectivity index (χ3v) is 6.01. The second kappa shape index (κ2) is 10.6. The molecule has 3 N–H and O–H groups in total. The van der Waals surface area contributed by atoms with E-state index in [-0.39, 0.29) is 12.5 Å². The van der Waals surface area contributed by atoms with Crippen LogP contribution in [-0.2, 0) is 22.4 Å². The molecule has 3 amide bonds. The Labute approximate surface area is 189 Å². The number of nitrogens with zero attached hydrogens (tertiary/aromatic N) is 1. The van der Waals surface area contributed by atoms with Crippen LogP contribution in [0.15, 0.2) is 30.3 Å². The largest absolute Gasteiger partial charge is 0.414 e. The zero-order valence-electron chi connectivity index (χ0n) is 17.4. The number of likely N-dealkylation sites (N-methyl/N-ethyl adjacent to an activating group) is 1. The van der Waals surface area contributed by atoms with Crippen LogP contribution >= 0.6 is 22.9 Å². The van der Waals surface area contributed by atoms with Crippen LogP contribution in [0.5, 0.6) is 5.06 Å². The molecule has 3 rings (SSSR count). The topological polar surface area (TPSA) is 99.8 Å². The molecule has 1 atom stereocenters. The third-order valence-electron chi connectivity index (χ3n) is 4.91. The predicted molar refractivity (Wildman–Crippen MR) is 121 cm³/mol. The molecule has 31 heavy (non-hydrogen) atoms. The quantitative estimate of drug-likeness (QED) is 0.610. The minimum absolute atomic E-state index is 0.0722. The number of hydrogen-bond donors (Lipinski definition) is 3. The van der Waals surface area contributed by atoms with Crippen molar-refractivity contribution in [1.29, 1.82) is 0 Å². The first kappa shape index (κ1) is 23.1. The predicted octanol–water partition coefficient (Wildman–Crippen LogP) is 2.66. The smallest absolute Gasteiger partial charge is 0.399 e. The van der Waals surface area contributed by atoms with Crippen LogP contribution in [0, 0.1) is 0 Å². The second-order valence-corrected chi connectivity index (χ2v) is 9.04. The van der Waals surface area contributed by atoms with Crippen LogP contribution in [0.3, 0.4) is 0 Å². The van der Waals surface area contributed by atoms with Crippen molar-refractivity contribution in [2.75, 3.05) is 32.0 Å². The highest BCUT2D eigenvalue weighted by Gasteiger charge is 2.23. The van der Waals surface area contributed by atoms with Crippen molar-refractivity contribution >= 4 is 46.5 Å². The summed E-state index contributed by atoms with van der Waals surface area (Å²) in [5, 5.41) is 8.18. The Morgan fingerprint density at radius 2 is 1.90 bits per heavy atom. The Bertz CT molecular complexity index is 965. The molecule has 0 aliphatic carbocycles.